The number of benzene rings is 1. The van der Waals surface area contributed by atoms with Crippen molar-refractivity contribution in [1.29, 1.82) is 0 Å². The van der Waals surface area contributed by atoms with Crippen LogP contribution < -0.4 is 0 Å². The van der Waals surface area contributed by atoms with Crippen LogP contribution >= 0.6 is 0 Å². The summed E-state index contributed by atoms with van der Waals surface area (Å²) in [6.07, 6.45) is 1.20. The Hall–Kier alpha value is -1.84. The molecule has 0 bridgehead atoms. The van der Waals surface area contributed by atoms with Crippen LogP contribution in [0.1, 0.15) is 32.3 Å². The van der Waals surface area contributed by atoms with Crippen molar-refractivity contribution in [2.75, 3.05) is 0 Å². The van der Waals surface area contributed by atoms with Gasteiger partial charge in [0.05, 0.1) is 11.3 Å². The van der Waals surface area contributed by atoms with E-state index < -0.39 is 28.7 Å². The van der Waals surface area contributed by atoms with E-state index in [2.05, 4.69) is 0 Å². The van der Waals surface area contributed by atoms with Crippen molar-refractivity contribution in [1.82, 2.24) is 0 Å². The van der Waals surface area contributed by atoms with Crippen molar-refractivity contribution in [3.8, 4) is 0 Å². The van der Waals surface area contributed by atoms with E-state index in [9.17, 15) is 19.8 Å². The standard InChI is InChI=1S/C16H20O4/c1-15(2)12(13(17)18)8-9-16(15,14(19)20)10-11-6-4-3-5-7-11/h3-7,12H,8-10H2,1-2H3,(H,17,18)(H,19,20). The summed E-state index contributed by atoms with van der Waals surface area (Å²) in [6.45, 7) is 3.55. The largest absolute Gasteiger partial charge is 0.481 e. The molecule has 0 amide bonds. The highest BCUT2D eigenvalue weighted by Crippen LogP contribution is 2.57. The molecule has 0 aromatic heterocycles. The number of hydrogen-bond acceptors (Lipinski definition) is 2. The lowest BCUT2D eigenvalue weighted by Crippen LogP contribution is -2.46. The average Bonchev–Trinajstić information content (AvgIpc) is 2.63. The number of carboxylic acids is 2. The fourth-order valence-electron chi connectivity index (χ4n) is 3.56. The Morgan fingerprint density at radius 3 is 2.25 bits per heavy atom. The Balaban J connectivity index is 2.41. The zero-order valence-corrected chi connectivity index (χ0v) is 11.8. The topological polar surface area (TPSA) is 74.6 Å². The number of rotatable bonds is 4. The maximum atomic E-state index is 11.9. The molecule has 108 valence electrons. The van der Waals surface area contributed by atoms with Crippen LogP contribution in [0.2, 0.25) is 0 Å². The third-order valence-corrected chi connectivity index (χ3v) is 5.02. The van der Waals surface area contributed by atoms with E-state index in [4.69, 9.17) is 0 Å². The molecule has 4 heteroatoms. The molecular formula is C16H20O4. The lowest BCUT2D eigenvalue weighted by Gasteiger charge is -2.40. The monoisotopic (exact) mass is 276 g/mol. The van der Waals surface area contributed by atoms with Crippen molar-refractivity contribution in [2.24, 2.45) is 16.7 Å². The molecule has 0 saturated heterocycles. The van der Waals surface area contributed by atoms with Gasteiger partial charge in [0.15, 0.2) is 0 Å². The Labute approximate surface area is 118 Å². The zero-order chi connectivity index (χ0) is 15.0. The molecule has 1 aromatic carbocycles. The molecule has 20 heavy (non-hydrogen) atoms. The van der Waals surface area contributed by atoms with Crippen LogP contribution in [0.3, 0.4) is 0 Å². The fraction of sp³-hybridized carbons (Fsp3) is 0.500. The van der Waals surface area contributed by atoms with Gasteiger partial charge in [-0.05, 0) is 30.2 Å². The predicted octanol–water partition coefficient (Wildman–Crippen LogP) is 2.82. The minimum Gasteiger partial charge on any atom is -0.481 e. The number of hydrogen-bond donors (Lipinski definition) is 2. The van der Waals surface area contributed by atoms with Crippen LogP contribution in [0, 0.1) is 16.7 Å². The fourth-order valence-corrected chi connectivity index (χ4v) is 3.56. The van der Waals surface area contributed by atoms with E-state index in [-0.39, 0.29) is 0 Å². The molecule has 1 aromatic rings. The highest BCUT2D eigenvalue weighted by atomic mass is 16.4. The molecule has 1 aliphatic rings. The van der Waals surface area contributed by atoms with E-state index in [0.29, 0.717) is 19.3 Å². The summed E-state index contributed by atoms with van der Waals surface area (Å²) in [4.78, 5) is 23.3. The van der Waals surface area contributed by atoms with Crippen LogP contribution in [0.15, 0.2) is 30.3 Å². The zero-order valence-electron chi connectivity index (χ0n) is 11.8. The number of carbonyl (C=O) groups is 2. The first-order valence-corrected chi connectivity index (χ1v) is 6.81. The van der Waals surface area contributed by atoms with Gasteiger partial charge in [-0.2, -0.15) is 0 Å². The SMILES string of the molecule is CC1(C)C(C(=O)O)CCC1(Cc1ccccc1)C(=O)O. The third-order valence-electron chi connectivity index (χ3n) is 5.02. The van der Waals surface area contributed by atoms with Crippen LogP contribution in [0.5, 0.6) is 0 Å². The molecule has 0 aliphatic heterocycles. The summed E-state index contributed by atoms with van der Waals surface area (Å²) in [6, 6.07) is 9.43. The molecule has 4 nitrogen and oxygen atoms in total. The Kier molecular flexibility index (Phi) is 3.59. The molecule has 2 unspecified atom stereocenters. The Morgan fingerprint density at radius 2 is 1.80 bits per heavy atom. The number of aliphatic carboxylic acids is 2. The summed E-state index contributed by atoms with van der Waals surface area (Å²) in [5.41, 5.74) is -0.855. The summed E-state index contributed by atoms with van der Waals surface area (Å²) >= 11 is 0. The summed E-state index contributed by atoms with van der Waals surface area (Å²) in [7, 11) is 0. The summed E-state index contributed by atoms with van der Waals surface area (Å²) < 4.78 is 0. The smallest absolute Gasteiger partial charge is 0.310 e. The van der Waals surface area contributed by atoms with E-state index in [1.54, 1.807) is 13.8 Å². The van der Waals surface area contributed by atoms with Crippen molar-refractivity contribution in [3.63, 3.8) is 0 Å². The molecule has 2 N–H and O–H groups in total. The molecule has 0 heterocycles. The Bertz CT molecular complexity index is 521. The molecular weight excluding hydrogens is 256 g/mol. The quantitative estimate of drug-likeness (QED) is 0.886. The molecule has 1 saturated carbocycles. The second-order valence-corrected chi connectivity index (χ2v) is 6.20. The van der Waals surface area contributed by atoms with Gasteiger partial charge in [0, 0.05) is 0 Å². The molecule has 0 radical (unpaired) electrons. The van der Waals surface area contributed by atoms with Gasteiger partial charge in [0.2, 0.25) is 0 Å². The molecule has 1 fully saturated rings. The van der Waals surface area contributed by atoms with Crippen molar-refractivity contribution >= 4 is 11.9 Å². The third kappa shape index (κ3) is 2.09. The first kappa shape index (κ1) is 14.6. The van der Waals surface area contributed by atoms with E-state index in [1.807, 2.05) is 30.3 Å². The van der Waals surface area contributed by atoms with Crippen molar-refractivity contribution in [2.45, 2.75) is 33.1 Å². The highest BCUT2D eigenvalue weighted by Gasteiger charge is 2.61. The Morgan fingerprint density at radius 1 is 1.20 bits per heavy atom. The van der Waals surface area contributed by atoms with E-state index >= 15 is 0 Å². The normalized spacial score (nSPS) is 28.2. The van der Waals surface area contributed by atoms with Crippen LogP contribution in [0.4, 0.5) is 0 Å². The molecule has 2 rings (SSSR count). The van der Waals surface area contributed by atoms with Gasteiger partial charge in [-0.25, -0.2) is 0 Å². The number of carboxylic acid groups (broad SMARTS) is 2. The average molecular weight is 276 g/mol. The lowest BCUT2D eigenvalue weighted by atomic mass is 9.62. The van der Waals surface area contributed by atoms with Gasteiger partial charge in [0.1, 0.15) is 0 Å². The second-order valence-electron chi connectivity index (χ2n) is 6.20. The van der Waals surface area contributed by atoms with Crippen LogP contribution in [-0.2, 0) is 16.0 Å². The molecule has 0 spiro atoms. The lowest BCUT2D eigenvalue weighted by molar-refractivity contribution is -0.159. The van der Waals surface area contributed by atoms with Crippen LogP contribution in [0.25, 0.3) is 0 Å². The first-order valence-electron chi connectivity index (χ1n) is 6.81. The van der Waals surface area contributed by atoms with Gasteiger partial charge in [-0.3, -0.25) is 9.59 Å². The first-order chi connectivity index (χ1) is 9.31. The van der Waals surface area contributed by atoms with Crippen LogP contribution in [-0.4, -0.2) is 22.2 Å². The van der Waals surface area contributed by atoms with Gasteiger partial charge < -0.3 is 10.2 Å². The maximum absolute atomic E-state index is 11.9. The summed E-state index contributed by atoms with van der Waals surface area (Å²) in [5.74, 6) is -2.40. The van der Waals surface area contributed by atoms with Crippen molar-refractivity contribution in [3.05, 3.63) is 35.9 Å². The minimum atomic E-state index is -1.02. The van der Waals surface area contributed by atoms with E-state index in [0.717, 1.165) is 5.56 Å². The second kappa shape index (κ2) is 4.93. The van der Waals surface area contributed by atoms with Gasteiger partial charge >= 0.3 is 11.9 Å². The maximum Gasteiger partial charge on any atom is 0.310 e. The minimum absolute atomic E-state index is 0.375. The highest BCUT2D eigenvalue weighted by molar-refractivity contribution is 5.80. The van der Waals surface area contributed by atoms with Gasteiger partial charge in [-0.15, -0.1) is 0 Å². The summed E-state index contributed by atoms with van der Waals surface area (Å²) in [5, 5.41) is 19.1. The van der Waals surface area contributed by atoms with Crippen molar-refractivity contribution < 1.29 is 19.8 Å². The molecule has 2 atom stereocenters. The van der Waals surface area contributed by atoms with Gasteiger partial charge in [0.25, 0.3) is 0 Å². The van der Waals surface area contributed by atoms with E-state index in [1.165, 1.54) is 0 Å². The molecule has 1 aliphatic carbocycles. The predicted molar refractivity (Wildman–Crippen MR) is 74.4 cm³/mol. The van der Waals surface area contributed by atoms with Gasteiger partial charge in [-0.1, -0.05) is 44.2 Å².